The fourth-order valence-corrected chi connectivity index (χ4v) is 4.85. The molecular formula is C16H25N3O. The summed E-state index contributed by atoms with van der Waals surface area (Å²) < 4.78 is 6.00. The van der Waals surface area contributed by atoms with Crippen molar-refractivity contribution in [2.24, 2.45) is 10.8 Å². The van der Waals surface area contributed by atoms with Gasteiger partial charge in [0.05, 0.1) is 0 Å². The Kier molecular flexibility index (Phi) is 2.52. The summed E-state index contributed by atoms with van der Waals surface area (Å²) in [4.78, 5) is 2.39. The highest BCUT2D eigenvalue weighted by atomic mass is 16.4. The van der Waals surface area contributed by atoms with Crippen molar-refractivity contribution in [1.82, 2.24) is 10.2 Å². The summed E-state index contributed by atoms with van der Waals surface area (Å²) >= 11 is 0. The van der Waals surface area contributed by atoms with Gasteiger partial charge in [-0.2, -0.15) is 0 Å². The number of hydrogen-bond donors (Lipinski definition) is 0. The lowest BCUT2D eigenvalue weighted by molar-refractivity contribution is 0.136. The Bertz CT molecular complexity index is 520. The SMILES string of the molecule is CC1(C)C[C@@H]2C[C@@](C)(CN2c2nnc(C3CCC3)o2)C1. The molecule has 0 amide bonds. The Morgan fingerprint density at radius 2 is 1.95 bits per heavy atom. The molecule has 2 bridgehead atoms. The van der Waals surface area contributed by atoms with Crippen molar-refractivity contribution in [3.05, 3.63) is 5.89 Å². The Morgan fingerprint density at radius 3 is 2.65 bits per heavy atom. The van der Waals surface area contributed by atoms with Crippen LogP contribution < -0.4 is 4.90 Å². The molecule has 1 aromatic rings. The van der Waals surface area contributed by atoms with Crippen molar-refractivity contribution in [2.75, 3.05) is 11.4 Å². The molecule has 1 saturated heterocycles. The van der Waals surface area contributed by atoms with Crippen molar-refractivity contribution in [3.63, 3.8) is 0 Å². The first kappa shape index (κ1) is 12.7. The van der Waals surface area contributed by atoms with Crippen molar-refractivity contribution in [3.8, 4) is 0 Å². The summed E-state index contributed by atoms with van der Waals surface area (Å²) in [7, 11) is 0. The molecule has 2 atom stereocenters. The second-order valence-electron chi connectivity index (χ2n) is 8.39. The second kappa shape index (κ2) is 3.99. The standard InChI is InChI=1S/C16H25N3O/c1-15(2)7-12-8-16(3,9-15)10-19(12)14-18-17-13(20-14)11-5-4-6-11/h11-12H,4-10H2,1-3H3/t12-,16-/m1/s1. The number of hydrogen-bond acceptors (Lipinski definition) is 4. The van der Waals surface area contributed by atoms with Gasteiger partial charge in [-0.3, -0.25) is 0 Å². The van der Waals surface area contributed by atoms with Gasteiger partial charge < -0.3 is 9.32 Å². The van der Waals surface area contributed by atoms with E-state index in [0.717, 1.165) is 18.5 Å². The predicted molar refractivity (Wildman–Crippen MR) is 77.8 cm³/mol. The van der Waals surface area contributed by atoms with Crippen molar-refractivity contribution in [1.29, 1.82) is 0 Å². The molecule has 0 radical (unpaired) electrons. The molecule has 1 aromatic heterocycles. The first-order chi connectivity index (χ1) is 9.44. The number of anilines is 1. The van der Waals surface area contributed by atoms with Crippen LogP contribution in [0.1, 0.15) is 71.1 Å². The summed E-state index contributed by atoms with van der Waals surface area (Å²) in [5.74, 6) is 1.40. The molecule has 4 rings (SSSR count). The van der Waals surface area contributed by atoms with Crippen LogP contribution >= 0.6 is 0 Å². The first-order valence-corrected chi connectivity index (χ1v) is 8.04. The van der Waals surface area contributed by atoms with Crippen molar-refractivity contribution >= 4 is 6.01 Å². The van der Waals surface area contributed by atoms with E-state index in [1.54, 1.807) is 0 Å². The van der Waals surface area contributed by atoms with E-state index in [9.17, 15) is 0 Å². The molecule has 0 unspecified atom stereocenters. The average Bonchev–Trinajstić information content (AvgIpc) is 2.77. The van der Waals surface area contributed by atoms with Crippen molar-refractivity contribution in [2.45, 2.75) is 71.3 Å². The van der Waals surface area contributed by atoms with E-state index >= 15 is 0 Å². The lowest BCUT2D eigenvalue weighted by Crippen LogP contribution is -2.34. The van der Waals surface area contributed by atoms with E-state index < -0.39 is 0 Å². The van der Waals surface area contributed by atoms with E-state index in [1.807, 2.05) is 0 Å². The quantitative estimate of drug-likeness (QED) is 0.824. The summed E-state index contributed by atoms with van der Waals surface area (Å²) in [6.45, 7) is 8.29. The van der Waals surface area contributed by atoms with Crippen LogP contribution in [0.3, 0.4) is 0 Å². The lowest BCUT2D eigenvalue weighted by atomic mass is 9.65. The van der Waals surface area contributed by atoms with Gasteiger partial charge in [0.25, 0.3) is 0 Å². The third-order valence-corrected chi connectivity index (χ3v) is 5.54. The fourth-order valence-electron chi connectivity index (χ4n) is 4.85. The Hall–Kier alpha value is -1.06. The van der Waals surface area contributed by atoms with Gasteiger partial charge in [-0.05, 0) is 42.9 Å². The van der Waals surface area contributed by atoms with Crippen LogP contribution in [0.4, 0.5) is 6.01 Å². The maximum atomic E-state index is 6.00. The van der Waals surface area contributed by atoms with Crippen LogP contribution in [0, 0.1) is 10.8 Å². The van der Waals surface area contributed by atoms with Crippen LogP contribution in [0.15, 0.2) is 4.42 Å². The monoisotopic (exact) mass is 275 g/mol. The van der Waals surface area contributed by atoms with E-state index in [2.05, 4.69) is 35.9 Å². The minimum absolute atomic E-state index is 0.414. The molecule has 110 valence electrons. The lowest BCUT2D eigenvalue weighted by Gasteiger charge is -2.39. The summed E-state index contributed by atoms with van der Waals surface area (Å²) in [5, 5.41) is 8.65. The van der Waals surface area contributed by atoms with Gasteiger partial charge in [0, 0.05) is 18.5 Å². The molecule has 4 heteroatoms. The van der Waals surface area contributed by atoms with E-state index in [-0.39, 0.29) is 0 Å². The first-order valence-electron chi connectivity index (χ1n) is 8.04. The molecule has 0 spiro atoms. The third-order valence-electron chi connectivity index (χ3n) is 5.54. The molecule has 20 heavy (non-hydrogen) atoms. The highest BCUT2D eigenvalue weighted by Gasteiger charge is 2.51. The predicted octanol–water partition coefficient (Wildman–Crippen LogP) is 3.74. The van der Waals surface area contributed by atoms with Gasteiger partial charge in [-0.25, -0.2) is 0 Å². The van der Waals surface area contributed by atoms with E-state index in [1.165, 1.54) is 38.5 Å². The third kappa shape index (κ3) is 1.95. The highest BCUT2D eigenvalue weighted by molar-refractivity contribution is 5.33. The zero-order valence-electron chi connectivity index (χ0n) is 12.9. The molecule has 3 fully saturated rings. The van der Waals surface area contributed by atoms with Crippen LogP contribution in [0.25, 0.3) is 0 Å². The number of rotatable bonds is 2. The Labute approximate surface area is 120 Å². The average molecular weight is 275 g/mol. The zero-order valence-corrected chi connectivity index (χ0v) is 12.9. The number of aromatic nitrogens is 2. The fraction of sp³-hybridized carbons (Fsp3) is 0.875. The molecule has 0 N–H and O–H groups in total. The molecule has 4 nitrogen and oxygen atoms in total. The van der Waals surface area contributed by atoms with Gasteiger partial charge in [0.2, 0.25) is 5.89 Å². The highest BCUT2D eigenvalue weighted by Crippen LogP contribution is 2.53. The molecule has 0 aromatic carbocycles. The van der Waals surface area contributed by atoms with Gasteiger partial charge in [0.1, 0.15) is 0 Å². The smallest absolute Gasteiger partial charge is 0.318 e. The van der Waals surface area contributed by atoms with Gasteiger partial charge in [0.15, 0.2) is 0 Å². The maximum absolute atomic E-state index is 6.00. The zero-order chi connectivity index (χ0) is 14.0. The minimum atomic E-state index is 0.414. The summed E-state index contributed by atoms with van der Waals surface area (Å²) in [5.41, 5.74) is 0.848. The van der Waals surface area contributed by atoms with Crippen LogP contribution in [-0.4, -0.2) is 22.8 Å². The van der Waals surface area contributed by atoms with Gasteiger partial charge in [-0.15, -0.1) is 5.10 Å². The van der Waals surface area contributed by atoms with Gasteiger partial charge in [-0.1, -0.05) is 32.3 Å². The number of nitrogens with zero attached hydrogens (tertiary/aromatic N) is 3. The van der Waals surface area contributed by atoms with Crippen LogP contribution in [0.5, 0.6) is 0 Å². The molecule has 2 aliphatic carbocycles. The van der Waals surface area contributed by atoms with E-state index in [4.69, 9.17) is 4.42 Å². The van der Waals surface area contributed by atoms with Gasteiger partial charge >= 0.3 is 6.01 Å². The Morgan fingerprint density at radius 1 is 1.15 bits per heavy atom. The molecule has 1 aliphatic heterocycles. The Balaban J connectivity index is 1.58. The molecule has 2 saturated carbocycles. The normalized spacial score (nSPS) is 36.1. The topological polar surface area (TPSA) is 42.2 Å². The summed E-state index contributed by atoms with van der Waals surface area (Å²) in [6.07, 6.45) is 7.56. The van der Waals surface area contributed by atoms with E-state index in [0.29, 0.717) is 22.8 Å². The molecular weight excluding hydrogens is 250 g/mol. The maximum Gasteiger partial charge on any atom is 0.318 e. The molecule has 3 aliphatic rings. The second-order valence-corrected chi connectivity index (χ2v) is 8.39. The number of fused-ring (bicyclic) bond motifs is 2. The largest absolute Gasteiger partial charge is 0.408 e. The molecule has 2 heterocycles. The van der Waals surface area contributed by atoms with Crippen molar-refractivity contribution < 1.29 is 4.42 Å². The summed E-state index contributed by atoms with van der Waals surface area (Å²) in [6, 6.07) is 1.36. The van der Waals surface area contributed by atoms with Crippen LogP contribution in [0.2, 0.25) is 0 Å². The van der Waals surface area contributed by atoms with Crippen LogP contribution in [-0.2, 0) is 0 Å². The minimum Gasteiger partial charge on any atom is -0.408 e.